The van der Waals surface area contributed by atoms with Crippen molar-refractivity contribution in [1.29, 1.82) is 0 Å². The summed E-state index contributed by atoms with van der Waals surface area (Å²) in [6.07, 6.45) is -3.03. The van der Waals surface area contributed by atoms with Crippen LogP contribution < -0.4 is 10.2 Å². The number of aromatic nitrogens is 1. The van der Waals surface area contributed by atoms with Crippen LogP contribution in [0.15, 0.2) is 24.4 Å². The van der Waals surface area contributed by atoms with E-state index in [1.165, 1.54) is 23.6 Å². The molecule has 0 aliphatic heterocycles. The summed E-state index contributed by atoms with van der Waals surface area (Å²) in [6.45, 7) is 5.93. The third-order valence-electron chi connectivity index (χ3n) is 3.42. The maximum absolute atomic E-state index is 13.0. The van der Waals surface area contributed by atoms with Gasteiger partial charge in [0, 0.05) is 19.5 Å². The maximum Gasteiger partial charge on any atom is 0.416 e. The highest BCUT2D eigenvalue weighted by Crippen LogP contribution is 2.35. The van der Waals surface area contributed by atoms with Crippen molar-refractivity contribution in [3.63, 3.8) is 0 Å². The molecular formula is C17H20F3N3OS. The summed E-state index contributed by atoms with van der Waals surface area (Å²) in [7, 11) is 3.39. The van der Waals surface area contributed by atoms with Gasteiger partial charge in [0.1, 0.15) is 4.88 Å². The first-order valence-electron chi connectivity index (χ1n) is 7.56. The second kappa shape index (κ2) is 6.67. The van der Waals surface area contributed by atoms with Crippen LogP contribution in [0, 0.1) is 0 Å². The number of benzene rings is 1. The molecule has 0 aliphatic carbocycles. The first-order chi connectivity index (χ1) is 11.4. The SMILES string of the molecule is CN(C)c1ccc(C(F)(F)F)cc1NC(=O)c1cnc(C(C)(C)C)s1. The molecule has 4 nitrogen and oxygen atoms in total. The molecule has 0 atom stereocenters. The van der Waals surface area contributed by atoms with Crippen LogP contribution in [0.5, 0.6) is 0 Å². The van der Waals surface area contributed by atoms with Crippen LogP contribution in [0.2, 0.25) is 0 Å². The predicted molar refractivity (Wildman–Crippen MR) is 94.5 cm³/mol. The zero-order valence-corrected chi connectivity index (χ0v) is 15.5. The second-order valence-electron chi connectivity index (χ2n) is 6.86. The molecule has 25 heavy (non-hydrogen) atoms. The minimum Gasteiger partial charge on any atom is -0.376 e. The number of nitrogens with zero attached hydrogens (tertiary/aromatic N) is 2. The van der Waals surface area contributed by atoms with Crippen molar-refractivity contribution in [3.8, 4) is 0 Å². The fourth-order valence-electron chi connectivity index (χ4n) is 2.11. The molecule has 1 aromatic heterocycles. The fourth-order valence-corrected chi connectivity index (χ4v) is 2.98. The van der Waals surface area contributed by atoms with Crippen LogP contribution in [0.4, 0.5) is 24.5 Å². The number of nitrogens with one attached hydrogen (secondary N) is 1. The summed E-state index contributed by atoms with van der Waals surface area (Å²) in [5.41, 5.74) is -0.417. The largest absolute Gasteiger partial charge is 0.416 e. The summed E-state index contributed by atoms with van der Waals surface area (Å²) >= 11 is 1.23. The Kier molecular flexibility index (Phi) is 5.13. The molecule has 0 bridgehead atoms. The van der Waals surface area contributed by atoms with Gasteiger partial charge in [-0.2, -0.15) is 13.2 Å². The third kappa shape index (κ3) is 4.50. The molecule has 2 aromatic rings. The first kappa shape index (κ1) is 19.2. The predicted octanol–water partition coefficient (Wildman–Crippen LogP) is 4.78. The van der Waals surface area contributed by atoms with Crippen molar-refractivity contribution in [3.05, 3.63) is 39.8 Å². The molecule has 8 heteroatoms. The quantitative estimate of drug-likeness (QED) is 0.845. The lowest BCUT2D eigenvalue weighted by Gasteiger charge is -2.19. The summed E-state index contributed by atoms with van der Waals surface area (Å²) < 4.78 is 38.9. The molecule has 0 aliphatic rings. The zero-order valence-electron chi connectivity index (χ0n) is 14.7. The van der Waals surface area contributed by atoms with Gasteiger partial charge in [-0.3, -0.25) is 4.79 Å². The number of hydrogen-bond donors (Lipinski definition) is 1. The molecule has 1 N–H and O–H groups in total. The number of rotatable bonds is 3. The molecule has 0 saturated heterocycles. The van der Waals surface area contributed by atoms with E-state index >= 15 is 0 Å². The number of carbonyl (C=O) groups excluding carboxylic acids is 1. The van der Waals surface area contributed by atoms with Gasteiger partial charge in [0.15, 0.2) is 0 Å². The molecular weight excluding hydrogens is 351 g/mol. The van der Waals surface area contributed by atoms with Gasteiger partial charge in [0.05, 0.1) is 28.1 Å². The third-order valence-corrected chi connectivity index (χ3v) is 4.85. The van der Waals surface area contributed by atoms with Gasteiger partial charge in [-0.15, -0.1) is 11.3 Å². The Bertz CT molecular complexity index is 776. The molecule has 0 saturated carbocycles. The maximum atomic E-state index is 13.0. The second-order valence-corrected chi connectivity index (χ2v) is 7.89. The number of thiazole rings is 1. The molecule has 0 fully saturated rings. The molecule has 0 unspecified atom stereocenters. The standard InChI is InChI=1S/C17H20F3N3OS/c1-16(2,3)15-21-9-13(25-15)14(24)22-11-8-10(17(18,19)20)6-7-12(11)23(4)5/h6-9H,1-5H3,(H,22,24). The Labute approximate surface area is 148 Å². The van der Waals surface area contributed by atoms with E-state index in [2.05, 4.69) is 10.3 Å². The van der Waals surface area contributed by atoms with Crippen LogP contribution in [0.3, 0.4) is 0 Å². The summed E-state index contributed by atoms with van der Waals surface area (Å²) in [5.74, 6) is -0.476. The van der Waals surface area contributed by atoms with Crippen LogP contribution in [-0.4, -0.2) is 25.0 Å². The Hall–Kier alpha value is -2.09. The molecule has 1 heterocycles. The smallest absolute Gasteiger partial charge is 0.376 e. The molecule has 0 radical (unpaired) electrons. The van der Waals surface area contributed by atoms with Gasteiger partial charge >= 0.3 is 6.18 Å². The Balaban J connectivity index is 2.34. The van der Waals surface area contributed by atoms with E-state index in [0.29, 0.717) is 10.6 Å². The number of halogens is 3. The van der Waals surface area contributed by atoms with Crippen molar-refractivity contribution in [2.45, 2.75) is 32.4 Å². The minimum absolute atomic E-state index is 0.107. The summed E-state index contributed by atoms with van der Waals surface area (Å²) in [4.78, 5) is 18.7. The Morgan fingerprint density at radius 3 is 2.32 bits per heavy atom. The van der Waals surface area contributed by atoms with Crippen molar-refractivity contribution in [1.82, 2.24) is 4.98 Å². The average molecular weight is 371 g/mol. The Morgan fingerprint density at radius 1 is 1.20 bits per heavy atom. The number of alkyl halides is 3. The van der Waals surface area contributed by atoms with Gasteiger partial charge in [0.2, 0.25) is 0 Å². The highest BCUT2D eigenvalue weighted by Gasteiger charge is 2.31. The number of anilines is 2. The van der Waals surface area contributed by atoms with Crippen molar-refractivity contribution >= 4 is 28.6 Å². The lowest BCUT2D eigenvalue weighted by molar-refractivity contribution is -0.137. The molecule has 0 spiro atoms. The molecule has 2 rings (SSSR count). The number of carbonyl (C=O) groups is 1. The summed E-state index contributed by atoms with van der Waals surface area (Å²) in [5, 5.41) is 3.36. The van der Waals surface area contributed by atoms with E-state index in [1.54, 1.807) is 19.0 Å². The Morgan fingerprint density at radius 2 is 1.84 bits per heavy atom. The van der Waals surface area contributed by atoms with Gasteiger partial charge in [-0.05, 0) is 18.2 Å². The number of hydrogen-bond acceptors (Lipinski definition) is 4. The topological polar surface area (TPSA) is 45.2 Å². The van der Waals surface area contributed by atoms with E-state index in [9.17, 15) is 18.0 Å². The normalized spacial score (nSPS) is 12.2. The molecule has 1 amide bonds. The highest BCUT2D eigenvalue weighted by atomic mass is 32.1. The van der Waals surface area contributed by atoms with Crippen molar-refractivity contribution in [2.24, 2.45) is 0 Å². The first-order valence-corrected chi connectivity index (χ1v) is 8.37. The number of amides is 1. The fraction of sp³-hybridized carbons (Fsp3) is 0.412. The van der Waals surface area contributed by atoms with Gasteiger partial charge in [-0.25, -0.2) is 4.98 Å². The van der Waals surface area contributed by atoms with E-state index in [4.69, 9.17) is 0 Å². The summed E-state index contributed by atoms with van der Waals surface area (Å²) in [6, 6.07) is 3.28. The van der Waals surface area contributed by atoms with Gasteiger partial charge < -0.3 is 10.2 Å². The van der Waals surface area contributed by atoms with E-state index in [1.807, 2.05) is 20.8 Å². The van der Waals surface area contributed by atoms with Crippen LogP contribution in [0.1, 0.15) is 41.0 Å². The highest BCUT2D eigenvalue weighted by molar-refractivity contribution is 7.13. The van der Waals surface area contributed by atoms with E-state index in [-0.39, 0.29) is 11.1 Å². The van der Waals surface area contributed by atoms with Crippen molar-refractivity contribution in [2.75, 3.05) is 24.3 Å². The monoisotopic (exact) mass is 371 g/mol. The van der Waals surface area contributed by atoms with Crippen LogP contribution in [-0.2, 0) is 11.6 Å². The van der Waals surface area contributed by atoms with E-state index < -0.39 is 17.6 Å². The molecule has 136 valence electrons. The average Bonchev–Trinajstić information content (AvgIpc) is 2.95. The van der Waals surface area contributed by atoms with Crippen molar-refractivity contribution < 1.29 is 18.0 Å². The minimum atomic E-state index is -4.48. The van der Waals surface area contributed by atoms with Crippen LogP contribution >= 0.6 is 11.3 Å². The van der Waals surface area contributed by atoms with E-state index in [0.717, 1.165) is 17.1 Å². The lowest BCUT2D eigenvalue weighted by atomic mass is 9.98. The lowest BCUT2D eigenvalue weighted by Crippen LogP contribution is -2.17. The van der Waals surface area contributed by atoms with Gasteiger partial charge in [0.25, 0.3) is 5.91 Å². The molecule has 1 aromatic carbocycles. The van der Waals surface area contributed by atoms with Gasteiger partial charge in [-0.1, -0.05) is 20.8 Å². The van der Waals surface area contributed by atoms with Crippen LogP contribution in [0.25, 0.3) is 0 Å². The zero-order chi connectivity index (χ0) is 19.0.